The SMILES string of the molecule is CCCCC1CCC(C(CCCS(C)(=O)=O)NCC)CC1. The van der Waals surface area contributed by atoms with Crippen LogP contribution in [-0.2, 0) is 9.84 Å². The third kappa shape index (κ3) is 8.20. The quantitative estimate of drug-likeness (QED) is 0.667. The Hall–Kier alpha value is -0.0900. The maximum atomic E-state index is 11.3. The molecule has 1 unspecified atom stereocenters. The molecule has 1 rings (SSSR count). The average molecular weight is 318 g/mol. The van der Waals surface area contributed by atoms with E-state index in [1.54, 1.807) is 0 Å². The summed E-state index contributed by atoms with van der Waals surface area (Å²) in [4.78, 5) is 0. The highest BCUT2D eigenvalue weighted by Crippen LogP contribution is 2.34. The molecule has 1 atom stereocenters. The molecule has 0 spiro atoms. The summed E-state index contributed by atoms with van der Waals surface area (Å²) in [7, 11) is -2.81. The number of hydrogen-bond donors (Lipinski definition) is 1. The Kier molecular flexibility index (Phi) is 8.88. The van der Waals surface area contributed by atoms with Gasteiger partial charge in [-0.2, -0.15) is 0 Å². The van der Waals surface area contributed by atoms with Crippen LogP contribution in [0.3, 0.4) is 0 Å². The van der Waals surface area contributed by atoms with Gasteiger partial charge >= 0.3 is 0 Å². The second-order valence-electron chi connectivity index (χ2n) is 6.86. The molecule has 1 saturated carbocycles. The Labute approximate surface area is 132 Å². The van der Waals surface area contributed by atoms with Crippen molar-refractivity contribution >= 4 is 9.84 Å². The standard InChI is InChI=1S/C17H35NO2S/c1-4-6-8-15-10-12-16(13-11-15)17(18-5-2)9-7-14-21(3,19)20/h15-18H,4-14H2,1-3H3. The van der Waals surface area contributed by atoms with E-state index in [0.717, 1.165) is 31.2 Å². The Morgan fingerprint density at radius 2 is 1.76 bits per heavy atom. The molecule has 1 N–H and O–H groups in total. The Morgan fingerprint density at radius 3 is 2.29 bits per heavy atom. The zero-order valence-electron chi connectivity index (χ0n) is 14.2. The van der Waals surface area contributed by atoms with E-state index in [4.69, 9.17) is 0 Å². The molecule has 0 saturated heterocycles. The lowest BCUT2D eigenvalue weighted by molar-refractivity contribution is 0.206. The molecule has 0 radical (unpaired) electrons. The highest BCUT2D eigenvalue weighted by atomic mass is 32.2. The normalized spacial score (nSPS) is 24.9. The zero-order chi connectivity index (χ0) is 15.7. The van der Waals surface area contributed by atoms with Crippen molar-refractivity contribution in [1.82, 2.24) is 5.32 Å². The molecule has 0 bridgehead atoms. The minimum absolute atomic E-state index is 0.334. The smallest absolute Gasteiger partial charge is 0.147 e. The van der Waals surface area contributed by atoms with Gasteiger partial charge < -0.3 is 5.32 Å². The van der Waals surface area contributed by atoms with Crippen molar-refractivity contribution in [3.63, 3.8) is 0 Å². The summed E-state index contributed by atoms with van der Waals surface area (Å²) in [5, 5.41) is 3.60. The van der Waals surface area contributed by atoms with E-state index in [9.17, 15) is 8.42 Å². The van der Waals surface area contributed by atoms with Crippen molar-refractivity contribution in [3.05, 3.63) is 0 Å². The predicted molar refractivity (Wildman–Crippen MR) is 91.4 cm³/mol. The summed E-state index contributed by atoms with van der Waals surface area (Å²) in [6.45, 7) is 5.41. The van der Waals surface area contributed by atoms with Crippen LogP contribution >= 0.6 is 0 Å². The fraction of sp³-hybridized carbons (Fsp3) is 1.00. The van der Waals surface area contributed by atoms with Crippen LogP contribution in [0.25, 0.3) is 0 Å². The molecule has 0 aromatic heterocycles. The van der Waals surface area contributed by atoms with Gasteiger partial charge in [0.15, 0.2) is 0 Å². The van der Waals surface area contributed by atoms with Gasteiger partial charge in [-0.3, -0.25) is 0 Å². The van der Waals surface area contributed by atoms with E-state index < -0.39 is 9.84 Å². The third-order valence-corrected chi connectivity index (χ3v) is 5.95. The highest BCUT2D eigenvalue weighted by Gasteiger charge is 2.26. The summed E-state index contributed by atoms with van der Waals surface area (Å²) < 4.78 is 22.5. The van der Waals surface area contributed by atoms with Gasteiger partial charge in [0.05, 0.1) is 0 Å². The van der Waals surface area contributed by atoms with Crippen LogP contribution in [0.2, 0.25) is 0 Å². The summed E-state index contributed by atoms with van der Waals surface area (Å²) in [6, 6.07) is 0.517. The lowest BCUT2D eigenvalue weighted by atomic mass is 9.76. The van der Waals surface area contributed by atoms with Crippen LogP contribution in [0.15, 0.2) is 0 Å². The fourth-order valence-electron chi connectivity index (χ4n) is 3.70. The molecule has 126 valence electrons. The van der Waals surface area contributed by atoms with Crippen LogP contribution < -0.4 is 5.32 Å². The number of unbranched alkanes of at least 4 members (excludes halogenated alkanes) is 1. The number of rotatable bonds is 10. The van der Waals surface area contributed by atoms with E-state index >= 15 is 0 Å². The molecule has 3 nitrogen and oxygen atoms in total. The lowest BCUT2D eigenvalue weighted by Gasteiger charge is -2.34. The van der Waals surface area contributed by atoms with Crippen molar-refractivity contribution < 1.29 is 8.42 Å². The van der Waals surface area contributed by atoms with E-state index in [-0.39, 0.29) is 0 Å². The van der Waals surface area contributed by atoms with E-state index in [1.165, 1.54) is 51.2 Å². The summed E-state index contributed by atoms with van der Waals surface area (Å²) in [6.07, 6.45) is 12.6. The van der Waals surface area contributed by atoms with Gasteiger partial charge in [0, 0.05) is 18.1 Å². The van der Waals surface area contributed by atoms with E-state index in [0.29, 0.717) is 11.8 Å². The van der Waals surface area contributed by atoms with Crippen molar-refractivity contribution in [2.75, 3.05) is 18.6 Å². The first-order valence-electron chi connectivity index (χ1n) is 8.87. The molecule has 0 heterocycles. The van der Waals surface area contributed by atoms with Gasteiger partial charge in [0.1, 0.15) is 9.84 Å². The Balaban J connectivity index is 2.36. The second kappa shape index (κ2) is 9.83. The molecular formula is C17H35NO2S. The molecule has 4 heteroatoms. The zero-order valence-corrected chi connectivity index (χ0v) is 15.1. The average Bonchev–Trinajstić information content (AvgIpc) is 2.43. The molecule has 1 aliphatic rings. The molecule has 1 aliphatic carbocycles. The Morgan fingerprint density at radius 1 is 1.10 bits per heavy atom. The molecule has 0 aromatic rings. The summed E-state index contributed by atoms with van der Waals surface area (Å²) in [5.41, 5.74) is 0. The van der Waals surface area contributed by atoms with E-state index in [2.05, 4.69) is 19.2 Å². The topological polar surface area (TPSA) is 46.2 Å². The Bertz CT molecular complexity index is 359. The summed E-state index contributed by atoms with van der Waals surface area (Å²) in [5.74, 6) is 2.03. The molecule has 0 aromatic carbocycles. The largest absolute Gasteiger partial charge is 0.314 e. The maximum Gasteiger partial charge on any atom is 0.147 e. The number of nitrogens with one attached hydrogen (secondary N) is 1. The molecular weight excluding hydrogens is 282 g/mol. The van der Waals surface area contributed by atoms with Gasteiger partial charge in [0.25, 0.3) is 0 Å². The summed E-state index contributed by atoms with van der Waals surface area (Å²) >= 11 is 0. The predicted octanol–water partition coefficient (Wildman–Crippen LogP) is 3.79. The van der Waals surface area contributed by atoms with Crippen LogP contribution in [0.4, 0.5) is 0 Å². The van der Waals surface area contributed by atoms with Crippen LogP contribution in [0.1, 0.15) is 71.6 Å². The van der Waals surface area contributed by atoms with Crippen molar-refractivity contribution in [2.45, 2.75) is 77.7 Å². The van der Waals surface area contributed by atoms with Crippen LogP contribution in [0, 0.1) is 11.8 Å². The highest BCUT2D eigenvalue weighted by molar-refractivity contribution is 7.90. The monoisotopic (exact) mass is 317 g/mol. The van der Waals surface area contributed by atoms with Gasteiger partial charge in [-0.1, -0.05) is 46.0 Å². The molecule has 21 heavy (non-hydrogen) atoms. The van der Waals surface area contributed by atoms with E-state index in [1.807, 2.05) is 0 Å². The fourth-order valence-corrected chi connectivity index (χ4v) is 4.40. The van der Waals surface area contributed by atoms with Crippen molar-refractivity contribution in [1.29, 1.82) is 0 Å². The van der Waals surface area contributed by atoms with Crippen LogP contribution in [-0.4, -0.2) is 33.0 Å². The maximum absolute atomic E-state index is 11.3. The number of sulfone groups is 1. The van der Waals surface area contributed by atoms with Gasteiger partial charge in [-0.25, -0.2) is 8.42 Å². The van der Waals surface area contributed by atoms with Gasteiger partial charge in [-0.15, -0.1) is 0 Å². The first-order valence-corrected chi connectivity index (χ1v) is 10.9. The molecule has 0 amide bonds. The number of hydrogen-bond acceptors (Lipinski definition) is 3. The minimum atomic E-state index is -2.81. The second-order valence-corrected chi connectivity index (χ2v) is 9.12. The first kappa shape index (κ1) is 19.0. The minimum Gasteiger partial charge on any atom is -0.314 e. The van der Waals surface area contributed by atoms with Gasteiger partial charge in [-0.05, 0) is 44.1 Å². The van der Waals surface area contributed by atoms with Crippen LogP contribution in [0.5, 0.6) is 0 Å². The molecule has 0 aliphatic heterocycles. The van der Waals surface area contributed by atoms with Gasteiger partial charge in [0.2, 0.25) is 0 Å². The van der Waals surface area contributed by atoms with Crippen molar-refractivity contribution in [2.24, 2.45) is 11.8 Å². The molecule has 1 fully saturated rings. The third-order valence-electron chi connectivity index (χ3n) is 4.92. The first-order chi connectivity index (χ1) is 9.96. The lowest BCUT2D eigenvalue weighted by Crippen LogP contribution is -2.38. The van der Waals surface area contributed by atoms with Crippen molar-refractivity contribution in [3.8, 4) is 0 Å².